The largest absolute Gasteiger partial charge is 0.327 e. The summed E-state index contributed by atoms with van der Waals surface area (Å²) in [6.07, 6.45) is 0. The van der Waals surface area contributed by atoms with Gasteiger partial charge in [-0.15, -0.1) is 0 Å². The van der Waals surface area contributed by atoms with Gasteiger partial charge in [0.25, 0.3) is 0 Å². The highest BCUT2D eigenvalue weighted by atomic mass is 79.9. The SMILES string of the molecule is CC(C)C(F)(CN)c1c(F)ccc(Br)c1F. The first-order valence-electron chi connectivity index (χ1n) is 4.87. The van der Waals surface area contributed by atoms with Crippen molar-refractivity contribution >= 4 is 15.9 Å². The van der Waals surface area contributed by atoms with E-state index in [9.17, 15) is 13.2 Å². The second-order valence-electron chi connectivity index (χ2n) is 3.94. The van der Waals surface area contributed by atoms with Crippen LogP contribution in [0.15, 0.2) is 16.6 Å². The molecule has 0 amide bonds. The number of hydrogen-bond acceptors (Lipinski definition) is 1. The van der Waals surface area contributed by atoms with Crippen molar-refractivity contribution in [3.8, 4) is 0 Å². The summed E-state index contributed by atoms with van der Waals surface area (Å²) >= 11 is 2.90. The molecule has 1 rings (SSSR count). The standard InChI is InChI=1S/C11H13BrF3N/c1-6(2)11(15,5-16)9-8(13)4-3-7(12)10(9)14/h3-4,6H,5,16H2,1-2H3. The fourth-order valence-electron chi connectivity index (χ4n) is 1.53. The van der Waals surface area contributed by atoms with Gasteiger partial charge in [0.15, 0.2) is 5.67 Å². The minimum absolute atomic E-state index is 0.0278. The molecule has 0 radical (unpaired) electrons. The van der Waals surface area contributed by atoms with E-state index < -0.39 is 35.3 Å². The van der Waals surface area contributed by atoms with Crippen LogP contribution in [0.4, 0.5) is 13.2 Å². The topological polar surface area (TPSA) is 26.0 Å². The lowest BCUT2D eigenvalue weighted by Crippen LogP contribution is -2.37. The smallest absolute Gasteiger partial charge is 0.156 e. The zero-order valence-corrected chi connectivity index (χ0v) is 10.6. The maximum Gasteiger partial charge on any atom is 0.156 e. The van der Waals surface area contributed by atoms with Crippen molar-refractivity contribution in [2.75, 3.05) is 6.54 Å². The molecule has 0 saturated heterocycles. The molecule has 0 saturated carbocycles. The molecule has 16 heavy (non-hydrogen) atoms. The Labute approximate surface area is 101 Å². The molecule has 1 aromatic rings. The van der Waals surface area contributed by atoms with Crippen molar-refractivity contribution in [3.05, 3.63) is 33.8 Å². The fourth-order valence-corrected chi connectivity index (χ4v) is 1.86. The zero-order chi connectivity index (χ0) is 12.5. The Bertz CT molecular complexity index is 395. The molecule has 0 aromatic heterocycles. The third-order valence-corrected chi connectivity index (χ3v) is 3.28. The maximum absolute atomic E-state index is 14.5. The van der Waals surface area contributed by atoms with Crippen LogP contribution in [0, 0.1) is 17.6 Å². The van der Waals surface area contributed by atoms with E-state index in [0.717, 1.165) is 6.07 Å². The normalized spacial score (nSPS) is 15.2. The number of nitrogens with two attached hydrogens (primary N) is 1. The van der Waals surface area contributed by atoms with Gasteiger partial charge in [-0.3, -0.25) is 0 Å². The lowest BCUT2D eigenvalue weighted by atomic mass is 9.84. The monoisotopic (exact) mass is 295 g/mol. The molecule has 0 aliphatic heterocycles. The van der Waals surface area contributed by atoms with Gasteiger partial charge < -0.3 is 5.73 Å². The Balaban J connectivity index is 3.47. The van der Waals surface area contributed by atoms with Gasteiger partial charge in [0.05, 0.1) is 10.0 Å². The van der Waals surface area contributed by atoms with Crippen LogP contribution in [0.5, 0.6) is 0 Å². The molecule has 5 heteroatoms. The number of halogens is 4. The lowest BCUT2D eigenvalue weighted by molar-refractivity contribution is 0.0988. The first-order valence-corrected chi connectivity index (χ1v) is 5.66. The van der Waals surface area contributed by atoms with Crippen LogP contribution in [-0.4, -0.2) is 6.54 Å². The van der Waals surface area contributed by atoms with Crippen molar-refractivity contribution in [2.45, 2.75) is 19.5 Å². The summed E-state index contributed by atoms with van der Waals surface area (Å²) in [6, 6.07) is 2.22. The molecule has 2 N–H and O–H groups in total. The van der Waals surface area contributed by atoms with Crippen LogP contribution < -0.4 is 5.73 Å². The van der Waals surface area contributed by atoms with E-state index in [1.54, 1.807) is 0 Å². The van der Waals surface area contributed by atoms with Crippen LogP contribution in [0.2, 0.25) is 0 Å². The fraction of sp³-hybridized carbons (Fsp3) is 0.455. The highest BCUT2D eigenvalue weighted by Crippen LogP contribution is 2.38. The van der Waals surface area contributed by atoms with Crippen LogP contribution in [-0.2, 0) is 5.67 Å². The maximum atomic E-state index is 14.5. The summed E-state index contributed by atoms with van der Waals surface area (Å²) in [5.74, 6) is -2.46. The average Bonchev–Trinajstić information content (AvgIpc) is 2.23. The molecule has 0 heterocycles. The van der Waals surface area contributed by atoms with Gasteiger partial charge in [0.2, 0.25) is 0 Å². The van der Waals surface area contributed by atoms with E-state index >= 15 is 0 Å². The predicted molar refractivity (Wildman–Crippen MR) is 60.7 cm³/mol. The van der Waals surface area contributed by atoms with Crippen LogP contribution in [0.1, 0.15) is 19.4 Å². The number of hydrogen-bond donors (Lipinski definition) is 1. The van der Waals surface area contributed by atoms with Gasteiger partial charge in [0.1, 0.15) is 11.6 Å². The Kier molecular flexibility index (Phi) is 4.02. The third kappa shape index (κ3) is 2.11. The molecule has 1 aromatic carbocycles. The van der Waals surface area contributed by atoms with Gasteiger partial charge in [-0.25, -0.2) is 13.2 Å². The summed E-state index contributed by atoms with van der Waals surface area (Å²) in [7, 11) is 0. The van der Waals surface area contributed by atoms with Gasteiger partial charge >= 0.3 is 0 Å². The summed E-state index contributed by atoms with van der Waals surface area (Å²) in [5, 5.41) is 0. The van der Waals surface area contributed by atoms with Crippen LogP contribution in [0.3, 0.4) is 0 Å². The Morgan fingerprint density at radius 2 is 1.94 bits per heavy atom. The molecule has 90 valence electrons. The summed E-state index contributed by atoms with van der Waals surface area (Å²) < 4.78 is 41.7. The molecule has 1 nitrogen and oxygen atoms in total. The Hall–Kier alpha value is -0.550. The Morgan fingerprint density at radius 1 is 1.38 bits per heavy atom. The molecular weight excluding hydrogens is 283 g/mol. The van der Waals surface area contributed by atoms with Crippen molar-refractivity contribution in [1.82, 2.24) is 0 Å². The first kappa shape index (κ1) is 13.5. The molecule has 0 bridgehead atoms. The van der Waals surface area contributed by atoms with Gasteiger partial charge in [-0.05, 0) is 34.0 Å². The summed E-state index contributed by atoms with van der Waals surface area (Å²) in [6.45, 7) is 2.61. The van der Waals surface area contributed by atoms with Crippen molar-refractivity contribution in [2.24, 2.45) is 11.7 Å². The lowest BCUT2D eigenvalue weighted by Gasteiger charge is -2.29. The third-order valence-electron chi connectivity index (χ3n) is 2.67. The molecule has 0 aliphatic rings. The van der Waals surface area contributed by atoms with Crippen LogP contribution >= 0.6 is 15.9 Å². The predicted octanol–water partition coefficient (Wildman–Crippen LogP) is 3.51. The summed E-state index contributed by atoms with van der Waals surface area (Å²) in [5.41, 5.74) is 2.51. The van der Waals surface area contributed by atoms with Crippen molar-refractivity contribution in [3.63, 3.8) is 0 Å². The number of benzene rings is 1. The van der Waals surface area contributed by atoms with Gasteiger partial charge in [-0.1, -0.05) is 13.8 Å². The minimum Gasteiger partial charge on any atom is -0.327 e. The quantitative estimate of drug-likeness (QED) is 0.849. The van der Waals surface area contributed by atoms with E-state index in [2.05, 4.69) is 15.9 Å². The van der Waals surface area contributed by atoms with Gasteiger partial charge in [0, 0.05) is 6.54 Å². The van der Waals surface area contributed by atoms with Crippen molar-refractivity contribution < 1.29 is 13.2 Å². The summed E-state index contributed by atoms with van der Waals surface area (Å²) in [4.78, 5) is 0. The molecule has 0 fully saturated rings. The van der Waals surface area contributed by atoms with E-state index in [0.29, 0.717) is 0 Å². The Morgan fingerprint density at radius 3 is 2.38 bits per heavy atom. The second-order valence-corrected chi connectivity index (χ2v) is 4.79. The van der Waals surface area contributed by atoms with E-state index in [-0.39, 0.29) is 4.47 Å². The molecule has 1 atom stereocenters. The van der Waals surface area contributed by atoms with E-state index in [1.807, 2.05) is 0 Å². The zero-order valence-electron chi connectivity index (χ0n) is 9.03. The van der Waals surface area contributed by atoms with Crippen LogP contribution in [0.25, 0.3) is 0 Å². The minimum atomic E-state index is -2.20. The molecular formula is C11H13BrF3N. The average molecular weight is 296 g/mol. The number of alkyl halides is 1. The van der Waals surface area contributed by atoms with Crippen molar-refractivity contribution in [1.29, 1.82) is 0 Å². The van der Waals surface area contributed by atoms with Gasteiger partial charge in [-0.2, -0.15) is 0 Å². The highest BCUT2D eigenvalue weighted by Gasteiger charge is 2.40. The second kappa shape index (κ2) is 4.75. The molecule has 0 aliphatic carbocycles. The molecule has 0 spiro atoms. The first-order chi connectivity index (χ1) is 7.34. The highest BCUT2D eigenvalue weighted by molar-refractivity contribution is 9.10. The molecule has 1 unspecified atom stereocenters. The number of rotatable bonds is 3. The van der Waals surface area contributed by atoms with E-state index in [4.69, 9.17) is 5.73 Å². The van der Waals surface area contributed by atoms with E-state index in [1.165, 1.54) is 19.9 Å².